The molecule has 3 aromatic rings. The van der Waals surface area contributed by atoms with E-state index < -0.39 is 11.8 Å². The highest BCUT2D eigenvalue weighted by Crippen LogP contribution is 2.22. The van der Waals surface area contributed by atoms with E-state index in [1.165, 1.54) is 29.5 Å². The number of nitrogens with zero attached hydrogens (tertiary/aromatic N) is 2. The second-order valence-electron chi connectivity index (χ2n) is 6.68. The Kier molecular flexibility index (Phi) is 6.26. The van der Waals surface area contributed by atoms with Gasteiger partial charge < -0.3 is 15.1 Å². The Morgan fingerprint density at radius 1 is 1.19 bits per heavy atom. The van der Waals surface area contributed by atoms with E-state index in [1.807, 2.05) is 0 Å². The molecule has 11 heteroatoms. The second-order valence-corrected chi connectivity index (χ2v) is 8.57. The first-order valence-electron chi connectivity index (χ1n) is 9.29. The Balaban J connectivity index is 1.39. The van der Waals surface area contributed by atoms with Gasteiger partial charge in [-0.25, -0.2) is 0 Å². The number of fused-ring (bicyclic) bond motifs is 1. The first-order valence-corrected chi connectivity index (χ1v) is 10.9. The van der Waals surface area contributed by atoms with Gasteiger partial charge in [-0.2, -0.15) is 0 Å². The molecule has 1 aromatic carbocycles. The number of amides is 2. The molecule has 0 unspecified atom stereocenters. The lowest BCUT2D eigenvalue weighted by Gasteiger charge is -2.06. The van der Waals surface area contributed by atoms with Gasteiger partial charge in [-0.1, -0.05) is 34.5 Å². The third-order valence-electron chi connectivity index (χ3n) is 4.38. The van der Waals surface area contributed by atoms with E-state index in [0.29, 0.717) is 43.1 Å². The highest BCUT2D eigenvalue weighted by molar-refractivity contribution is 7.07. The van der Waals surface area contributed by atoms with Crippen LogP contribution in [-0.2, 0) is 22.7 Å². The van der Waals surface area contributed by atoms with Crippen LogP contribution in [0.5, 0.6) is 0 Å². The number of benzene rings is 1. The van der Waals surface area contributed by atoms with Gasteiger partial charge in [-0.05, 0) is 36.8 Å². The van der Waals surface area contributed by atoms with Crippen molar-refractivity contribution in [2.45, 2.75) is 19.5 Å². The Morgan fingerprint density at radius 3 is 2.71 bits per heavy atom. The lowest BCUT2D eigenvalue weighted by atomic mass is 10.3. The lowest BCUT2D eigenvalue weighted by Crippen LogP contribution is -2.34. The normalized spacial score (nSPS) is 13.4. The van der Waals surface area contributed by atoms with E-state index in [0.717, 1.165) is 13.0 Å². The number of furan rings is 1. The van der Waals surface area contributed by atoms with Gasteiger partial charge >= 0.3 is 11.8 Å². The van der Waals surface area contributed by atoms with Gasteiger partial charge in [0.05, 0.1) is 11.1 Å². The van der Waals surface area contributed by atoms with Crippen LogP contribution in [0.4, 0.5) is 5.69 Å². The van der Waals surface area contributed by atoms with Crippen LogP contribution in [0.1, 0.15) is 17.9 Å². The van der Waals surface area contributed by atoms with Crippen LogP contribution in [0.2, 0.25) is 10.0 Å². The Bertz CT molecular complexity index is 1320. The van der Waals surface area contributed by atoms with Crippen molar-refractivity contribution in [1.82, 2.24) is 9.88 Å². The predicted molar refractivity (Wildman–Crippen MR) is 118 cm³/mol. The maximum atomic E-state index is 12.4. The number of nitrogens with one attached hydrogen (secondary N) is 2. The summed E-state index contributed by atoms with van der Waals surface area (Å²) >= 11 is 13.1. The molecule has 0 atom stereocenters. The molecule has 160 valence electrons. The van der Waals surface area contributed by atoms with Gasteiger partial charge in [-0.15, -0.1) is 0 Å². The largest absolute Gasteiger partial charge is 0.460 e. The van der Waals surface area contributed by atoms with Gasteiger partial charge in [0.1, 0.15) is 11.5 Å². The molecule has 2 amide bonds. The van der Waals surface area contributed by atoms with Crippen molar-refractivity contribution < 1.29 is 14.0 Å². The quantitative estimate of drug-likeness (QED) is 0.558. The molecule has 2 N–H and O–H groups in total. The SMILES string of the molecule is O=C(NCc1ccc(/C=c2/sc3n(c2=O)CCCN=3)o1)C(=O)Nc1cc(Cl)cc(Cl)c1. The molecule has 0 aliphatic carbocycles. The number of carbonyl (C=O) groups excluding carboxylic acids is 2. The summed E-state index contributed by atoms with van der Waals surface area (Å²) in [5, 5.41) is 5.57. The van der Waals surface area contributed by atoms with Gasteiger partial charge in [-0.3, -0.25) is 23.9 Å². The highest BCUT2D eigenvalue weighted by atomic mass is 35.5. The van der Waals surface area contributed by atoms with Crippen molar-refractivity contribution in [1.29, 1.82) is 0 Å². The van der Waals surface area contributed by atoms with Crippen LogP contribution in [0.3, 0.4) is 0 Å². The first-order chi connectivity index (χ1) is 14.9. The fourth-order valence-electron chi connectivity index (χ4n) is 2.98. The molecule has 0 spiro atoms. The summed E-state index contributed by atoms with van der Waals surface area (Å²) in [7, 11) is 0. The van der Waals surface area contributed by atoms with Crippen molar-refractivity contribution in [2.75, 3.05) is 11.9 Å². The summed E-state index contributed by atoms with van der Waals surface area (Å²) in [6.45, 7) is 1.40. The van der Waals surface area contributed by atoms with Gasteiger partial charge in [0.2, 0.25) is 0 Å². The van der Waals surface area contributed by atoms with Gasteiger partial charge in [0, 0.05) is 34.9 Å². The summed E-state index contributed by atoms with van der Waals surface area (Å²) in [6, 6.07) is 7.82. The van der Waals surface area contributed by atoms with Crippen LogP contribution in [0.15, 0.2) is 44.5 Å². The van der Waals surface area contributed by atoms with E-state index in [2.05, 4.69) is 15.6 Å². The number of aromatic nitrogens is 1. The number of hydrogen-bond donors (Lipinski definition) is 2. The molecule has 0 fully saturated rings. The molecule has 2 aromatic heterocycles. The van der Waals surface area contributed by atoms with Crippen molar-refractivity contribution in [2.24, 2.45) is 4.99 Å². The number of hydrogen-bond acceptors (Lipinski definition) is 6. The highest BCUT2D eigenvalue weighted by Gasteiger charge is 2.15. The molecule has 31 heavy (non-hydrogen) atoms. The van der Waals surface area contributed by atoms with Crippen LogP contribution >= 0.6 is 34.5 Å². The molecule has 1 aliphatic rings. The van der Waals surface area contributed by atoms with Crippen molar-refractivity contribution in [3.05, 3.63) is 71.6 Å². The summed E-state index contributed by atoms with van der Waals surface area (Å²) in [6.07, 6.45) is 2.50. The Hall–Kier alpha value is -2.88. The maximum Gasteiger partial charge on any atom is 0.313 e. The zero-order chi connectivity index (χ0) is 22.0. The number of rotatable bonds is 4. The van der Waals surface area contributed by atoms with Crippen molar-refractivity contribution in [3.63, 3.8) is 0 Å². The van der Waals surface area contributed by atoms with E-state index in [1.54, 1.807) is 22.8 Å². The molecule has 0 saturated carbocycles. The van der Waals surface area contributed by atoms with Crippen LogP contribution in [0, 0.1) is 0 Å². The molecular formula is C20H16Cl2N4O4S. The lowest BCUT2D eigenvalue weighted by molar-refractivity contribution is -0.136. The van der Waals surface area contributed by atoms with Crippen molar-refractivity contribution in [3.8, 4) is 0 Å². The second kappa shape index (κ2) is 9.09. The number of thiazole rings is 1. The summed E-state index contributed by atoms with van der Waals surface area (Å²) in [5.74, 6) is -0.802. The van der Waals surface area contributed by atoms with Gasteiger partial charge in [0.15, 0.2) is 4.80 Å². The topological polar surface area (TPSA) is 106 Å². The summed E-state index contributed by atoms with van der Waals surface area (Å²) in [5.41, 5.74) is 0.219. The minimum absolute atomic E-state index is 0.00561. The zero-order valence-electron chi connectivity index (χ0n) is 16.0. The van der Waals surface area contributed by atoms with Gasteiger partial charge in [0.25, 0.3) is 5.56 Å². The summed E-state index contributed by atoms with van der Waals surface area (Å²) < 4.78 is 7.84. The monoisotopic (exact) mass is 478 g/mol. The summed E-state index contributed by atoms with van der Waals surface area (Å²) in [4.78, 5) is 41.6. The third-order valence-corrected chi connectivity index (χ3v) is 5.86. The van der Waals surface area contributed by atoms with E-state index in [-0.39, 0.29) is 12.1 Å². The first kappa shape index (κ1) is 21.4. The van der Waals surface area contributed by atoms with E-state index >= 15 is 0 Å². The molecular weight excluding hydrogens is 463 g/mol. The molecule has 4 rings (SSSR count). The minimum atomic E-state index is -0.863. The smallest absolute Gasteiger partial charge is 0.313 e. The zero-order valence-corrected chi connectivity index (χ0v) is 18.3. The van der Waals surface area contributed by atoms with Crippen LogP contribution in [0.25, 0.3) is 6.08 Å². The molecule has 1 aliphatic heterocycles. The molecule has 0 radical (unpaired) electrons. The molecule has 0 bridgehead atoms. The van der Waals surface area contributed by atoms with E-state index in [9.17, 15) is 14.4 Å². The third kappa shape index (κ3) is 5.07. The van der Waals surface area contributed by atoms with Crippen LogP contribution in [-0.4, -0.2) is 22.9 Å². The molecule has 3 heterocycles. The standard InChI is InChI=1S/C20H16Cl2N4O4S/c21-11-6-12(22)8-13(7-11)25-18(28)17(27)24-10-15-3-2-14(30-15)9-16-19(29)26-5-1-4-23-20(26)31-16/h2-3,6-9H,1,4-5,10H2,(H,24,27)(H,25,28)/b16-9+. The molecule has 0 saturated heterocycles. The van der Waals surface area contributed by atoms with Crippen LogP contribution < -0.4 is 25.5 Å². The molecule has 8 nitrogen and oxygen atoms in total. The fraction of sp³-hybridized carbons (Fsp3) is 0.200. The minimum Gasteiger partial charge on any atom is -0.460 e. The fourth-order valence-corrected chi connectivity index (χ4v) is 4.52. The number of anilines is 1. The van der Waals surface area contributed by atoms with E-state index in [4.69, 9.17) is 27.6 Å². The average Bonchev–Trinajstić information content (AvgIpc) is 3.30. The predicted octanol–water partition coefficient (Wildman–Crippen LogP) is 1.92. The Labute approximate surface area is 189 Å². The Morgan fingerprint density at radius 2 is 1.97 bits per heavy atom. The average molecular weight is 479 g/mol. The maximum absolute atomic E-state index is 12.4. The van der Waals surface area contributed by atoms with Crippen molar-refractivity contribution >= 4 is 58.1 Å². The number of halogens is 2. The number of carbonyl (C=O) groups is 2.